The minimum absolute atomic E-state index is 0.702. The SMILES string of the molecule is CCc1ccc(/C=N\c2ccc(N3CC3C)cc2)s1. The standard InChI is InChI=1S/C16H18N2S/c1-3-15-8-9-16(19-15)10-17-13-4-6-14(7-5-13)18-11-12(18)2/h4-10,12H,3,11H2,1-2H3/b17-10-. The number of anilines is 1. The molecule has 0 amide bonds. The first-order valence-electron chi connectivity index (χ1n) is 6.76. The van der Waals surface area contributed by atoms with Crippen LogP contribution in [-0.2, 0) is 6.42 Å². The van der Waals surface area contributed by atoms with Gasteiger partial charge in [-0.15, -0.1) is 11.3 Å². The highest BCUT2D eigenvalue weighted by Gasteiger charge is 2.28. The smallest absolute Gasteiger partial charge is 0.0631 e. The first kappa shape index (κ1) is 12.4. The molecule has 1 aromatic heterocycles. The Hall–Kier alpha value is -1.61. The van der Waals surface area contributed by atoms with Crippen molar-refractivity contribution in [1.82, 2.24) is 0 Å². The Kier molecular flexibility index (Phi) is 3.38. The molecule has 1 aliphatic heterocycles. The monoisotopic (exact) mass is 270 g/mol. The highest BCUT2D eigenvalue weighted by molar-refractivity contribution is 7.13. The van der Waals surface area contributed by atoms with Crippen LogP contribution in [0.15, 0.2) is 41.4 Å². The number of rotatable bonds is 4. The largest absolute Gasteiger partial charge is 0.365 e. The molecule has 0 bridgehead atoms. The fourth-order valence-electron chi connectivity index (χ4n) is 2.12. The third-order valence-corrected chi connectivity index (χ3v) is 4.58. The Balaban J connectivity index is 1.69. The minimum atomic E-state index is 0.702. The maximum Gasteiger partial charge on any atom is 0.0631 e. The first-order chi connectivity index (χ1) is 9.26. The van der Waals surface area contributed by atoms with E-state index in [0.29, 0.717) is 6.04 Å². The molecule has 2 nitrogen and oxygen atoms in total. The van der Waals surface area contributed by atoms with Crippen LogP contribution in [0.4, 0.5) is 11.4 Å². The molecule has 1 aromatic carbocycles. The Bertz CT molecular complexity index is 583. The van der Waals surface area contributed by atoms with Crippen LogP contribution in [0.3, 0.4) is 0 Å². The summed E-state index contributed by atoms with van der Waals surface area (Å²) >= 11 is 1.81. The van der Waals surface area contributed by atoms with Gasteiger partial charge in [-0.05, 0) is 49.7 Å². The average Bonchev–Trinajstić information content (AvgIpc) is 3.00. The molecule has 0 saturated carbocycles. The maximum atomic E-state index is 4.53. The lowest BCUT2D eigenvalue weighted by Crippen LogP contribution is -1.93. The third kappa shape index (κ3) is 2.87. The molecule has 1 unspecified atom stereocenters. The van der Waals surface area contributed by atoms with Gasteiger partial charge in [0, 0.05) is 34.2 Å². The summed E-state index contributed by atoms with van der Waals surface area (Å²) in [6.45, 7) is 5.60. The molecule has 3 heteroatoms. The normalized spacial score (nSPS) is 18.2. The summed E-state index contributed by atoms with van der Waals surface area (Å²) in [7, 11) is 0. The van der Waals surface area contributed by atoms with Crippen LogP contribution < -0.4 is 4.90 Å². The van der Waals surface area contributed by atoms with E-state index in [0.717, 1.165) is 12.1 Å². The van der Waals surface area contributed by atoms with Crippen molar-refractivity contribution >= 4 is 28.9 Å². The van der Waals surface area contributed by atoms with Crippen LogP contribution in [0.5, 0.6) is 0 Å². The summed E-state index contributed by atoms with van der Waals surface area (Å²) in [4.78, 5) is 9.54. The van der Waals surface area contributed by atoms with Crippen molar-refractivity contribution in [2.24, 2.45) is 4.99 Å². The molecule has 0 spiro atoms. The van der Waals surface area contributed by atoms with Crippen LogP contribution in [0.1, 0.15) is 23.6 Å². The van der Waals surface area contributed by atoms with Crippen molar-refractivity contribution in [2.75, 3.05) is 11.4 Å². The molecule has 19 heavy (non-hydrogen) atoms. The van der Waals surface area contributed by atoms with Crippen LogP contribution in [0.2, 0.25) is 0 Å². The number of aryl methyl sites for hydroxylation is 1. The number of benzene rings is 1. The second-order valence-electron chi connectivity index (χ2n) is 4.93. The Morgan fingerprint density at radius 1 is 1.26 bits per heavy atom. The number of thiophene rings is 1. The summed E-state index contributed by atoms with van der Waals surface area (Å²) in [6, 6.07) is 13.5. The van der Waals surface area contributed by atoms with Gasteiger partial charge in [0.15, 0.2) is 0 Å². The summed E-state index contributed by atoms with van der Waals surface area (Å²) < 4.78 is 0. The molecule has 1 fully saturated rings. The van der Waals surface area contributed by atoms with Gasteiger partial charge in [-0.1, -0.05) is 6.92 Å². The topological polar surface area (TPSA) is 15.4 Å². The van der Waals surface area contributed by atoms with Gasteiger partial charge in [0.1, 0.15) is 0 Å². The van der Waals surface area contributed by atoms with Crippen molar-refractivity contribution in [3.63, 3.8) is 0 Å². The first-order valence-corrected chi connectivity index (χ1v) is 7.57. The van der Waals surface area contributed by atoms with Gasteiger partial charge in [-0.2, -0.15) is 0 Å². The number of nitrogens with zero attached hydrogens (tertiary/aromatic N) is 2. The van der Waals surface area contributed by atoms with Gasteiger partial charge < -0.3 is 4.90 Å². The number of hydrogen-bond donors (Lipinski definition) is 0. The van der Waals surface area contributed by atoms with Crippen molar-refractivity contribution in [3.05, 3.63) is 46.2 Å². The molecule has 0 radical (unpaired) electrons. The second-order valence-corrected chi connectivity index (χ2v) is 6.13. The van der Waals surface area contributed by atoms with E-state index < -0.39 is 0 Å². The van der Waals surface area contributed by atoms with E-state index in [2.05, 4.69) is 60.1 Å². The van der Waals surface area contributed by atoms with E-state index >= 15 is 0 Å². The Labute approximate surface area is 118 Å². The highest BCUT2D eigenvalue weighted by Crippen LogP contribution is 2.28. The van der Waals surface area contributed by atoms with Crippen molar-refractivity contribution in [2.45, 2.75) is 26.3 Å². The van der Waals surface area contributed by atoms with Crippen LogP contribution in [0, 0.1) is 0 Å². The molecule has 3 rings (SSSR count). The van der Waals surface area contributed by atoms with Crippen LogP contribution in [0.25, 0.3) is 0 Å². The molecule has 2 heterocycles. The van der Waals surface area contributed by atoms with E-state index in [9.17, 15) is 0 Å². The summed E-state index contributed by atoms with van der Waals surface area (Å²) in [5.74, 6) is 0. The lowest BCUT2D eigenvalue weighted by molar-refractivity contribution is 1.14. The zero-order valence-corrected chi connectivity index (χ0v) is 12.2. The third-order valence-electron chi connectivity index (χ3n) is 3.41. The van der Waals surface area contributed by atoms with Gasteiger partial charge in [0.2, 0.25) is 0 Å². The number of aliphatic imine (C=N–C) groups is 1. The van der Waals surface area contributed by atoms with Gasteiger partial charge in [-0.3, -0.25) is 4.99 Å². The fraction of sp³-hybridized carbons (Fsp3) is 0.312. The molecule has 98 valence electrons. The Morgan fingerprint density at radius 2 is 2.00 bits per heavy atom. The van der Waals surface area contributed by atoms with Crippen molar-refractivity contribution in [3.8, 4) is 0 Å². The van der Waals surface area contributed by atoms with E-state index in [1.54, 1.807) is 0 Å². The molecule has 0 N–H and O–H groups in total. The van der Waals surface area contributed by atoms with Gasteiger partial charge >= 0.3 is 0 Å². The lowest BCUT2D eigenvalue weighted by atomic mass is 10.3. The maximum absolute atomic E-state index is 4.53. The minimum Gasteiger partial charge on any atom is -0.365 e. The molecule has 1 aliphatic rings. The Morgan fingerprint density at radius 3 is 2.58 bits per heavy atom. The summed E-state index contributed by atoms with van der Waals surface area (Å²) in [5.41, 5.74) is 2.32. The van der Waals surface area contributed by atoms with E-state index in [-0.39, 0.29) is 0 Å². The van der Waals surface area contributed by atoms with E-state index in [1.165, 1.54) is 22.0 Å². The summed E-state index contributed by atoms with van der Waals surface area (Å²) in [5, 5.41) is 0. The zero-order valence-electron chi connectivity index (χ0n) is 11.3. The number of hydrogen-bond acceptors (Lipinski definition) is 3. The predicted octanol–water partition coefficient (Wildman–Crippen LogP) is 4.27. The molecular weight excluding hydrogens is 252 g/mol. The van der Waals surface area contributed by atoms with E-state index in [4.69, 9.17) is 0 Å². The van der Waals surface area contributed by atoms with Crippen molar-refractivity contribution < 1.29 is 0 Å². The van der Waals surface area contributed by atoms with Crippen LogP contribution in [-0.4, -0.2) is 18.8 Å². The lowest BCUT2D eigenvalue weighted by Gasteiger charge is -2.03. The highest BCUT2D eigenvalue weighted by atomic mass is 32.1. The molecular formula is C16H18N2S. The molecule has 0 aliphatic carbocycles. The molecule has 1 saturated heterocycles. The summed E-state index contributed by atoms with van der Waals surface area (Å²) in [6.07, 6.45) is 3.06. The quantitative estimate of drug-likeness (QED) is 0.598. The van der Waals surface area contributed by atoms with E-state index in [1.807, 2.05) is 17.6 Å². The fourth-order valence-corrected chi connectivity index (χ4v) is 2.94. The molecule has 2 aromatic rings. The second kappa shape index (κ2) is 5.17. The predicted molar refractivity (Wildman–Crippen MR) is 84.2 cm³/mol. The average molecular weight is 270 g/mol. The van der Waals surface area contributed by atoms with Crippen LogP contribution >= 0.6 is 11.3 Å². The van der Waals surface area contributed by atoms with Gasteiger partial charge in [0.25, 0.3) is 0 Å². The zero-order chi connectivity index (χ0) is 13.2. The van der Waals surface area contributed by atoms with Gasteiger partial charge in [-0.25, -0.2) is 0 Å². The molecule has 1 atom stereocenters. The van der Waals surface area contributed by atoms with Crippen molar-refractivity contribution in [1.29, 1.82) is 0 Å². The van der Waals surface area contributed by atoms with Gasteiger partial charge in [0.05, 0.1) is 5.69 Å².